The number of benzene rings is 3. The van der Waals surface area contributed by atoms with E-state index in [1.807, 2.05) is 30.3 Å². The average molecular weight is 623 g/mol. The number of aromatic nitrogens is 1. The summed E-state index contributed by atoms with van der Waals surface area (Å²) in [7, 11) is 2.97. The first-order chi connectivity index (χ1) is 21.8. The molecular weight excluding hydrogens is 596 g/mol. The van der Waals surface area contributed by atoms with E-state index in [4.69, 9.17) is 13.9 Å². The Morgan fingerprint density at radius 3 is 2.58 bits per heavy atom. The number of rotatable bonds is 8. The zero-order chi connectivity index (χ0) is 31.7. The number of carbonyl (C=O) groups excluding carboxylic acids is 1. The third-order valence-corrected chi connectivity index (χ3v) is 8.25. The van der Waals surface area contributed by atoms with Crippen molar-refractivity contribution in [1.29, 1.82) is 0 Å². The lowest BCUT2D eigenvalue weighted by Gasteiger charge is -2.25. The number of methoxy groups -OCH3 is 2. The largest absolute Gasteiger partial charge is 0.497 e. The minimum Gasteiger partial charge on any atom is -0.497 e. The fourth-order valence-corrected chi connectivity index (χ4v) is 6.19. The second kappa shape index (κ2) is 12.1. The molecule has 1 aliphatic heterocycles. The fourth-order valence-electron chi connectivity index (χ4n) is 5.16. The molecule has 1 N–H and O–H groups in total. The molecule has 0 spiro atoms. The molecule has 3 aromatic carbocycles. The first-order valence-electron chi connectivity index (χ1n) is 13.7. The summed E-state index contributed by atoms with van der Waals surface area (Å²) < 4.78 is 18.7. The molecule has 5 aromatic rings. The molecule has 12 heteroatoms. The van der Waals surface area contributed by atoms with Crippen molar-refractivity contribution in [1.82, 2.24) is 4.57 Å². The topological polar surface area (TPSA) is 138 Å². The Balaban J connectivity index is 1.44. The lowest BCUT2D eigenvalue weighted by molar-refractivity contribution is -0.384. The van der Waals surface area contributed by atoms with Crippen LogP contribution in [0, 0.1) is 10.1 Å². The van der Waals surface area contributed by atoms with Gasteiger partial charge in [-0.15, -0.1) is 0 Å². The summed E-state index contributed by atoms with van der Waals surface area (Å²) in [6, 6.07) is 23.2. The highest BCUT2D eigenvalue weighted by atomic mass is 32.1. The van der Waals surface area contributed by atoms with Gasteiger partial charge < -0.3 is 19.2 Å². The standard InChI is InChI=1S/C33H26N4O7S/c1-19-29(31(38)35-21-9-5-4-6-10-21)30(20-8-7-11-23(16-20)42-2)36-32(39)28(45-33(36)34-19)18-24-13-15-26(44-24)25-14-12-22(37(40)41)17-27(25)43-3/h4-18,30H,1-3H3,(H,35,38)/b28-18-/t30-/m1/s1. The number of thiazole rings is 1. The van der Waals surface area contributed by atoms with Crippen molar-refractivity contribution in [2.75, 3.05) is 19.5 Å². The minimum absolute atomic E-state index is 0.110. The fraction of sp³-hybridized carbons (Fsp3) is 0.121. The molecule has 0 aliphatic carbocycles. The predicted octanol–water partition coefficient (Wildman–Crippen LogP) is 5.06. The molecule has 0 saturated carbocycles. The van der Waals surface area contributed by atoms with Crippen molar-refractivity contribution in [3.8, 4) is 22.8 Å². The van der Waals surface area contributed by atoms with E-state index in [0.29, 0.717) is 54.7 Å². The van der Waals surface area contributed by atoms with Crippen LogP contribution in [0.5, 0.6) is 11.5 Å². The van der Waals surface area contributed by atoms with Gasteiger partial charge in [-0.3, -0.25) is 24.3 Å². The van der Waals surface area contributed by atoms with Crippen LogP contribution < -0.4 is 29.7 Å². The lowest BCUT2D eigenvalue weighted by atomic mass is 9.95. The van der Waals surface area contributed by atoms with E-state index in [9.17, 15) is 19.7 Å². The van der Waals surface area contributed by atoms with Crippen LogP contribution in [0.25, 0.3) is 17.4 Å². The molecule has 2 aromatic heterocycles. The molecule has 1 amide bonds. The van der Waals surface area contributed by atoms with Gasteiger partial charge in [0.1, 0.15) is 23.0 Å². The summed E-state index contributed by atoms with van der Waals surface area (Å²) in [5, 5.41) is 14.1. The number of para-hydroxylation sites is 1. The van der Waals surface area contributed by atoms with E-state index in [1.54, 1.807) is 62.6 Å². The summed E-state index contributed by atoms with van der Waals surface area (Å²) in [6.07, 6.45) is 1.61. The van der Waals surface area contributed by atoms with Gasteiger partial charge in [0, 0.05) is 17.8 Å². The first kappa shape index (κ1) is 29.3. The molecule has 0 unspecified atom stereocenters. The van der Waals surface area contributed by atoms with Crippen LogP contribution in [0.15, 0.2) is 110 Å². The van der Waals surface area contributed by atoms with Crippen LogP contribution >= 0.6 is 11.3 Å². The molecule has 1 aliphatic rings. The van der Waals surface area contributed by atoms with Crippen LogP contribution in [-0.4, -0.2) is 29.6 Å². The number of hydrogen-bond donors (Lipinski definition) is 1. The number of non-ortho nitro benzene ring substituents is 1. The predicted molar refractivity (Wildman–Crippen MR) is 169 cm³/mol. The number of carbonyl (C=O) groups is 1. The van der Waals surface area contributed by atoms with Gasteiger partial charge in [0.2, 0.25) is 0 Å². The van der Waals surface area contributed by atoms with Gasteiger partial charge >= 0.3 is 0 Å². The zero-order valence-electron chi connectivity index (χ0n) is 24.3. The van der Waals surface area contributed by atoms with Crippen LogP contribution in [-0.2, 0) is 4.79 Å². The smallest absolute Gasteiger partial charge is 0.273 e. The summed E-state index contributed by atoms with van der Waals surface area (Å²) in [5.74, 6) is 1.27. The molecule has 3 heterocycles. The van der Waals surface area contributed by atoms with Crippen molar-refractivity contribution in [2.24, 2.45) is 4.99 Å². The lowest BCUT2D eigenvalue weighted by Crippen LogP contribution is -2.40. The number of fused-ring (bicyclic) bond motifs is 1. The van der Waals surface area contributed by atoms with Gasteiger partial charge in [-0.05, 0) is 55.0 Å². The number of ether oxygens (including phenoxy) is 2. The van der Waals surface area contributed by atoms with Gasteiger partial charge in [0.05, 0.1) is 52.6 Å². The number of allylic oxidation sites excluding steroid dienone is 1. The van der Waals surface area contributed by atoms with Crippen molar-refractivity contribution in [3.05, 3.63) is 137 Å². The van der Waals surface area contributed by atoms with E-state index < -0.39 is 11.0 Å². The molecule has 45 heavy (non-hydrogen) atoms. The molecule has 6 rings (SSSR count). The number of hydrogen-bond acceptors (Lipinski definition) is 9. The third kappa shape index (κ3) is 5.66. The van der Waals surface area contributed by atoms with Crippen LogP contribution in [0.3, 0.4) is 0 Å². The second-order valence-corrected chi connectivity index (χ2v) is 11.0. The number of nitro benzene ring substituents is 1. The Morgan fingerprint density at radius 2 is 1.84 bits per heavy atom. The number of nitro groups is 1. The molecule has 226 valence electrons. The van der Waals surface area contributed by atoms with E-state index in [1.165, 1.54) is 35.1 Å². The van der Waals surface area contributed by atoms with Crippen molar-refractivity contribution in [3.63, 3.8) is 0 Å². The summed E-state index contributed by atoms with van der Waals surface area (Å²) in [5.41, 5.74) is 2.16. The van der Waals surface area contributed by atoms with Gasteiger partial charge in [-0.25, -0.2) is 4.99 Å². The number of anilines is 1. The zero-order valence-corrected chi connectivity index (χ0v) is 25.2. The van der Waals surface area contributed by atoms with Gasteiger partial charge in [-0.1, -0.05) is 41.7 Å². The van der Waals surface area contributed by atoms with Gasteiger partial charge in [0.15, 0.2) is 4.80 Å². The Morgan fingerprint density at radius 1 is 1.04 bits per heavy atom. The van der Waals surface area contributed by atoms with Crippen molar-refractivity contribution < 1.29 is 23.6 Å². The monoisotopic (exact) mass is 622 g/mol. The SMILES string of the molecule is COc1cccc([C@@H]2C(C(=O)Nc3ccccc3)=C(C)N=c3s/c(=C\c4ccc(-c5ccc([N+](=O)[O-])cc5OC)o4)c(=O)n32)c1. The second-order valence-electron chi connectivity index (χ2n) is 10.0. The summed E-state index contributed by atoms with van der Waals surface area (Å²) in [6.45, 7) is 1.75. The summed E-state index contributed by atoms with van der Waals surface area (Å²) >= 11 is 1.18. The van der Waals surface area contributed by atoms with Crippen molar-refractivity contribution >= 4 is 34.7 Å². The van der Waals surface area contributed by atoms with E-state index >= 15 is 0 Å². The first-order valence-corrected chi connectivity index (χ1v) is 14.5. The summed E-state index contributed by atoms with van der Waals surface area (Å²) in [4.78, 5) is 43.6. The highest BCUT2D eigenvalue weighted by Crippen LogP contribution is 2.35. The molecule has 1 atom stereocenters. The van der Waals surface area contributed by atoms with Crippen LogP contribution in [0.2, 0.25) is 0 Å². The van der Waals surface area contributed by atoms with Gasteiger partial charge in [0.25, 0.3) is 17.2 Å². The van der Waals surface area contributed by atoms with Crippen molar-refractivity contribution in [2.45, 2.75) is 13.0 Å². The highest BCUT2D eigenvalue weighted by molar-refractivity contribution is 7.07. The molecule has 0 fully saturated rings. The number of nitrogens with one attached hydrogen (secondary N) is 1. The maximum atomic E-state index is 14.0. The molecular formula is C33H26N4O7S. The van der Waals surface area contributed by atoms with E-state index in [2.05, 4.69) is 10.3 Å². The molecule has 0 bridgehead atoms. The Labute approximate surface area is 260 Å². The number of amides is 1. The molecule has 0 radical (unpaired) electrons. The normalized spacial score (nSPS) is 14.5. The average Bonchev–Trinajstić information content (AvgIpc) is 3.64. The van der Waals surface area contributed by atoms with E-state index in [-0.39, 0.29) is 22.9 Å². The molecule has 0 saturated heterocycles. The van der Waals surface area contributed by atoms with Crippen LogP contribution in [0.4, 0.5) is 11.4 Å². The number of nitrogens with zero attached hydrogens (tertiary/aromatic N) is 3. The maximum Gasteiger partial charge on any atom is 0.273 e. The Kier molecular flexibility index (Phi) is 7.88. The van der Waals surface area contributed by atoms with E-state index in [0.717, 1.165) is 0 Å². The highest BCUT2D eigenvalue weighted by Gasteiger charge is 2.33. The Bertz CT molecular complexity index is 2160. The molecule has 11 nitrogen and oxygen atoms in total. The quantitative estimate of drug-likeness (QED) is 0.189. The van der Waals surface area contributed by atoms with Gasteiger partial charge in [-0.2, -0.15) is 0 Å². The third-order valence-electron chi connectivity index (χ3n) is 7.27. The maximum absolute atomic E-state index is 14.0. The Hall–Kier alpha value is -5.75. The van der Waals surface area contributed by atoms with Crippen LogP contribution in [0.1, 0.15) is 24.3 Å². The number of furan rings is 1. The minimum atomic E-state index is -0.779.